The maximum absolute atomic E-state index is 14.1. The predicted octanol–water partition coefficient (Wildman–Crippen LogP) is 1.95. The maximum atomic E-state index is 14.1. The third-order valence-corrected chi connectivity index (χ3v) is 4.49. The highest BCUT2D eigenvalue weighted by Crippen LogP contribution is 2.26. The Bertz CT molecular complexity index is 1060. The van der Waals surface area contributed by atoms with Crippen molar-refractivity contribution in [3.63, 3.8) is 0 Å². The van der Waals surface area contributed by atoms with Crippen LogP contribution in [-0.4, -0.2) is 34.7 Å². The Balaban J connectivity index is 1.76. The van der Waals surface area contributed by atoms with Crippen LogP contribution in [0.25, 0.3) is 17.0 Å². The molecule has 4 aromatic rings. The lowest BCUT2D eigenvalue weighted by atomic mass is 10.2. The fourth-order valence-corrected chi connectivity index (χ4v) is 3.08. The summed E-state index contributed by atoms with van der Waals surface area (Å²) in [6.07, 6.45) is 0.680. The summed E-state index contributed by atoms with van der Waals surface area (Å²) < 4.78 is 17.0. The van der Waals surface area contributed by atoms with Crippen molar-refractivity contribution in [1.29, 1.82) is 0 Å². The zero-order valence-electron chi connectivity index (χ0n) is 13.2. The molecule has 0 unspecified atom stereocenters. The van der Waals surface area contributed by atoms with Crippen LogP contribution in [0.5, 0.6) is 0 Å². The van der Waals surface area contributed by atoms with Gasteiger partial charge in [0.05, 0.1) is 5.56 Å². The summed E-state index contributed by atoms with van der Waals surface area (Å²) in [6, 6.07) is 9.90. The molecule has 0 aliphatic rings. The second-order valence-electron chi connectivity index (χ2n) is 5.17. The van der Waals surface area contributed by atoms with E-state index in [-0.39, 0.29) is 5.82 Å². The lowest BCUT2D eigenvalue weighted by molar-refractivity contribution is 0.629. The lowest BCUT2D eigenvalue weighted by Crippen LogP contribution is -2.13. The van der Waals surface area contributed by atoms with Gasteiger partial charge in [-0.2, -0.15) is 9.61 Å². The number of aryl methyl sites for hydroxylation is 1. The first-order valence-corrected chi connectivity index (χ1v) is 8.33. The summed E-state index contributed by atoms with van der Waals surface area (Å²) in [5.41, 5.74) is 0.853. The molecule has 4 rings (SSSR count). The number of aromatic nitrogens is 7. The van der Waals surface area contributed by atoms with Gasteiger partial charge in [0.15, 0.2) is 17.3 Å². The molecule has 0 amide bonds. The van der Waals surface area contributed by atoms with Crippen LogP contribution in [0, 0.1) is 5.82 Å². The third-order valence-electron chi connectivity index (χ3n) is 3.60. The summed E-state index contributed by atoms with van der Waals surface area (Å²) in [5.74, 6) is 6.59. The molecule has 0 atom stereocenters. The molecule has 0 aliphatic carbocycles. The number of nitrogens with zero attached hydrogens (tertiary/aromatic N) is 7. The van der Waals surface area contributed by atoms with E-state index in [1.807, 2.05) is 6.92 Å². The summed E-state index contributed by atoms with van der Waals surface area (Å²) in [6.45, 7) is 1.95. The van der Waals surface area contributed by atoms with E-state index in [0.29, 0.717) is 39.5 Å². The molecule has 2 N–H and O–H groups in total. The van der Waals surface area contributed by atoms with Crippen LogP contribution in [0.4, 0.5) is 4.39 Å². The Morgan fingerprint density at radius 1 is 1.08 bits per heavy atom. The standard InChI is InChI=1S/C15H13FN8S/c1-2-11-18-21-15(23(11)17)25-13-8-7-12-19-20-14(24(12)22-13)9-5-3-4-6-10(9)16/h3-8H,2,17H2,1H3. The van der Waals surface area contributed by atoms with Gasteiger partial charge < -0.3 is 5.84 Å². The summed E-state index contributed by atoms with van der Waals surface area (Å²) >= 11 is 1.26. The van der Waals surface area contributed by atoms with E-state index in [2.05, 4.69) is 25.5 Å². The normalized spacial score (nSPS) is 11.3. The SMILES string of the molecule is CCc1nnc(Sc2ccc3nnc(-c4ccccc4F)n3n2)n1N. The second kappa shape index (κ2) is 6.13. The molecule has 0 fully saturated rings. The molecule has 0 spiro atoms. The first-order chi connectivity index (χ1) is 12.2. The predicted molar refractivity (Wildman–Crippen MR) is 89.8 cm³/mol. The number of fused-ring (bicyclic) bond motifs is 1. The van der Waals surface area contributed by atoms with Gasteiger partial charge >= 0.3 is 0 Å². The van der Waals surface area contributed by atoms with Crippen LogP contribution in [0.2, 0.25) is 0 Å². The average molecular weight is 356 g/mol. The summed E-state index contributed by atoms with van der Waals surface area (Å²) in [4.78, 5) is 0. The van der Waals surface area contributed by atoms with Crippen molar-refractivity contribution in [1.82, 2.24) is 34.7 Å². The Kier molecular flexibility index (Phi) is 3.80. The molecule has 0 bridgehead atoms. The highest BCUT2D eigenvalue weighted by atomic mass is 32.2. The van der Waals surface area contributed by atoms with Gasteiger partial charge in [0, 0.05) is 6.42 Å². The Hall–Kier alpha value is -3.01. The molecule has 3 heterocycles. The molecule has 0 saturated heterocycles. The molecule has 126 valence electrons. The van der Waals surface area contributed by atoms with Gasteiger partial charge in [-0.1, -0.05) is 19.1 Å². The topological polar surface area (TPSA) is 99.8 Å². The molecule has 25 heavy (non-hydrogen) atoms. The van der Waals surface area contributed by atoms with Crippen LogP contribution in [-0.2, 0) is 6.42 Å². The fraction of sp³-hybridized carbons (Fsp3) is 0.133. The molecule has 10 heteroatoms. The van der Waals surface area contributed by atoms with Crippen LogP contribution >= 0.6 is 11.8 Å². The van der Waals surface area contributed by atoms with E-state index in [0.717, 1.165) is 0 Å². The molecular weight excluding hydrogens is 343 g/mol. The minimum Gasteiger partial charge on any atom is -0.336 e. The van der Waals surface area contributed by atoms with Gasteiger partial charge in [0.1, 0.15) is 10.8 Å². The van der Waals surface area contributed by atoms with Crippen molar-refractivity contribution in [3.05, 3.63) is 48.0 Å². The minimum absolute atomic E-state index is 0.332. The number of hydrogen-bond donors (Lipinski definition) is 1. The van der Waals surface area contributed by atoms with Crippen molar-refractivity contribution in [2.24, 2.45) is 0 Å². The van der Waals surface area contributed by atoms with Crippen molar-refractivity contribution in [3.8, 4) is 11.4 Å². The molecule has 0 saturated carbocycles. The number of nitrogen functional groups attached to an aromatic ring is 1. The number of benzene rings is 1. The lowest BCUT2D eigenvalue weighted by Gasteiger charge is -2.04. The van der Waals surface area contributed by atoms with Crippen molar-refractivity contribution in [2.45, 2.75) is 23.5 Å². The summed E-state index contributed by atoms with van der Waals surface area (Å²) in [7, 11) is 0. The molecule has 0 radical (unpaired) electrons. The molecule has 0 aliphatic heterocycles. The monoisotopic (exact) mass is 356 g/mol. The quantitative estimate of drug-likeness (QED) is 0.558. The van der Waals surface area contributed by atoms with Gasteiger partial charge in [-0.25, -0.2) is 9.07 Å². The minimum atomic E-state index is -0.383. The zero-order valence-corrected chi connectivity index (χ0v) is 14.0. The fourth-order valence-electron chi connectivity index (χ4n) is 2.35. The Morgan fingerprint density at radius 2 is 1.92 bits per heavy atom. The van der Waals surface area contributed by atoms with E-state index in [1.165, 1.54) is 27.0 Å². The number of halogens is 1. The zero-order chi connectivity index (χ0) is 17.4. The number of rotatable bonds is 4. The first kappa shape index (κ1) is 15.5. The van der Waals surface area contributed by atoms with E-state index < -0.39 is 0 Å². The largest absolute Gasteiger partial charge is 0.336 e. The Labute approximate surface area is 145 Å². The van der Waals surface area contributed by atoms with Crippen molar-refractivity contribution >= 4 is 17.4 Å². The van der Waals surface area contributed by atoms with E-state index in [4.69, 9.17) is 5.84 Å². The van der Waals surface area contributed by atoms with Crippen LogP contribution in [0.3, 0.4) is 0 Å². The van der Waals surface area contributed by atoms with Crippen molar-refractivity contribution in [2.75, 3.05) is 5.84 Å². The van der Waals surface area contributed by atoms with Gasteiger partial charge in [-0.3, -0.25) is 0 Å². The van der Waals surface area contributed by atoms with Crippen LogP contribution in [0.1, 0.15) is 12.7 Å². The highest BCUT2D eigenvalue weighted by molar-refractivity contribution is 7.99. The Morgan fingerprint density at radius 3 is 2.68 bits per heavy atom. The van der Waals surface area contributed by atoms with Crippen molar-refractivity contribution < 1.29 is 4.39 Å². The van der Waals surface area contributed by atoms with Crippen LogP contribution < -0.4 is 5.84 Å². The molecule has 3 aromatic heterocycles. The van der Waals surface area contributed by atoms with Gasteiger partial charge in [0.25, 0.3) is 0 Å². The van der Waals surface area contributed by atoms with Gasteiger partial charge in [0.2, 0.25) is 5.16 Å². The van der Waals surface area contributed by atoms with E-state index in [9.17, 15) is 4.39 Å². The van der Waals surface area contributed by atoms with Gasteiger partial charge in [-0.15, -0.1) is 20.4 Å². The van der Waals surface area contributed by atoms with E-state index >= 15 is 0 Å². The third kappa shape index (κ3) is 2.70. The molecule has 8 nitrogen and oxygen atoms in total. The van der Waals surface area contributed by atoms with Gasteiger partial charge in [-0.05, 0) is 36.0 Å². The second-order valence-corrected chi connectivity index (χ2v) is 6.16. The van der Waals surface area contributed by atoms with Crippen LogP contribution in [0.15, 0.2) is 46.6 Å². The first-order valence-electron chi connectivity index (χ1n) is 7.52. The molecule has 1 aromatic carbocycles. The molecular formula is C15H13FN8S. The number of hydrogen-bond acceptors (Lipinski definition) is 7. The highest BCUT2D eigenvalue weighted by Gasteiger charge is 2.15. The smallest absolute Gasteiger partial charge is 0.216 e. The van der Waals surface area contributed by atoms with E-state index in [1.54, 1.807) is 30.3 Å². The summed E-state index contributed by atoms with van der Waals surface area (Å²) in [5, 5.41) is 21.8. The average Bonchev–Trinajstić information content (AvgIpc) is 3.19. The number of nitrogens with two attached hydrogens (primary N) is 1. The maximum Gasteiger partial charge on any atom is 0.216 e.